The number of amides is 2. The van der Waals surface area contributed by atoms with Crippen LogP contribution in [0.4, 0.5) is 0 Å². The second-order valence-corrected chi connectivity index (χ2v) is 9.77. The Morgan fingerprint density at radius 2 is 1.71 bits per heavy atom. The largest absolute Gasteiger partial charge is 0.344 e. The standard InChI is InChI=1S/C26H23ClN2O4S/c27-19-9-4-8-18(15-19)22-10-5-13-29(22)26(33)24(31)23(30)25(32)28-16-21-12-11-20(34-21)14-17-6-2-1-3-7-17/h1-4,6-9,11-12,15,22H,5,10,13-14,16H2,(H,28,32). The van der Waals surface area contributed by atoms with E-state index in [0.29, 0.717) is 24.4 Å². The van der Waals surface area contributed by atoms with Gasteiger partial charge in [-0.15, -0.1) is 11.3 Å². The molecular weight excluding hydrogens is 472 g/mol. The minimum atomic E-state index is -1.34. The maximum atomic E-state index is 12.8. The summed E-state index contributed by atoms with van der Waals surface area (Å²) in [4.78, 5) is 53.3. The predicted octanol–water partition coefficient (Wildman–Crippen LogP) is 4.11. The van der Waals surface area contributed by atoms with Gasteiger partial charge in [-0.1, -0.05) is 54.1 Å². The van der Waals surface area contributed by atoms with Crippen LogP contribution in [0.15, 0.2) is 66.7 Å². The summed E-state index contributed by atoms with van der Waals surface area (Å²) >= 11 is 7.57. The minimum Gasteiger partial charge on any atom is -0.344 e. The van der Waals surface area contributed by atoms with Crippen molar-refractivity contribution in [1.82, 2.24) is 10.2 Å². The number of likely N-dealkylation sites (tertiary alicyclic amines) is 1. The number of rotatable bonds is 8. The summed E-state index contributed by atoms with van der Waals surface area (Å²) in [5.74, 6) is -4.69. The third-order valence-corrected chi connectivity index (χ3v) is 7.04. The highest BCUT2D eigenvalue weighted by atomic mass is 35.5. The van der Waals surface area contributed by atoms with Crippen LogP contribution in [0.3, 0.4) is 0 Å². The highest BCUT2D eigenvalue weighted by Gasteiger charge is 2.38. The molecule has 2 amide bonds. The van der Waals surface area contributed by atoms with Gasteiger partial charge < -0.3 is 10.2 Å². The normalized spacial score (nSPS) is 15.2. The summed E-state index contributed by atoms with van der Waals surface area (Å²) in [5.41, 5.74) is 1.98. The lowest BCUT2D eigenvalue weighted by Gasteiger charge is -2.24. The first-order valence-electron chi connectivity index (χ1n) is 11.0. The van der Waals surface area contributed by atoms with Crippen molar-refractivity contribution in [3.05, 3.63) is 92.6 Å². The van der Waals surface area contributed by atoms with E-state index in [1.165, 1.54) is 21.8 Å². The van der Waals surface area contributed by atoms with Crippen LogP contribution in [0.2, 0.25) is 5.02 Å². The number of Topliss-reactive ketones (excluding diaryl/α,β-unsaturated/α-hetero) is 2. The van der Waals surface area contributed by atoms with Gasteiger partial charge >= 0.3 is 0 Å². The Bertz CT molecular complexity index is 1220. The van der Waals surface area contributed by atoms with Crippen LogP contribution in [0.5, 0.6) is 0 Å². The SMILES string of the molecule is O=C(NCc1ccc(Cc2ccccc2)s1)C(=O)C(=O)C(=O)N1CCCC1c1cccc(Cl)c1. The first kappa shape index (κ1) is 23.9. The molecule has 174 valence electrons. The highest BCUT2D eigenvalue weighted by molar-refractivity contribution is 7.12. The smallest absolute Gasteiger partial charge is 0.299 e. The summed E-state index contributed by atoms with van der Waals surface area (Å²) in [5, 5.41) is 2.99. The molecule has 8 heteroatoms. The molecule has 34 heavy (non-hydrogen) atoms. The van der Waals surface area contributed by atoms with Gasteiger partial charge in [0.25, 0.3) is 23.4 Å². The van der Waals surface area contributed by atoms with E-state index in [2.05, 4.69) is 5.32 Å². The molecule has 0 radical (unpaired) electrons. The molecule has 1 atom stereocenters. The lowest BCUT2D eigenvalue weighted by atomic mass is 10.0. The summed E-state index contributed by atoms with van der Waals surface area (Å²) in [6.07, 6.45) is 2.12. The molecule has 1 unspecified atom stereocenters. The van der Waals surface area contributed by atoms with Gasteiger partial charge in [0.1, 0.15) is 0 Å². The van der Waals surface area contributed by atoms with Crippen LogP contribution in [0.25, 0.3) is 0 Å². The second-order valence-electron chi connectivity index (χ2n) is 8.08. The first-order valence-corrected chi connectivity index (χ1v) is 12.2. The van der Waals surface area contributed by atoms with Crippen LogP contribution in [-0.2, 0) is 32.1 Å². The van der Waals surface area contributed by atoms with Crippen LogP contribution in [0.1, 0.15) is 39.8 Å². The highest BCUT2D eigenvalue weighted by Crippen LogP contribution is 2.33. The Labute approximate surface area is 206 Å². The molecule has 1 aliphatic rings. The van der Waals surface area contributed by atoms with Crippen molar-refractivity contribution in [3.8, 4) is 0 Å². The van der Waals surface area contributed by atoms with Crippen molar-refractivity contribution in [2.24, 2.45) is 0 Å². The number of thiophene rings is 1. The zero-order valence-electron chi connectivity index (χ0n) is 18.3. The summed E-state index contributed by atoms with van der Waals surface area (Å²) < 4.78 is 0. The van der Waals surface area contributed by atoms with E-state index in [9.17, 15) is 19.2 Å². The molecule has 4 rings (SSSR count). The molecule has 1 saturated heterocycles. The number of nitrogens with one attached hydrogen (secondary N) is 1. The van der Waals surface area contributed by atoms with Gasteiger partial charge in [-0.05, 0) is 48.2 Å². The Balaban J connectivity index is 1.33. The number of halogens is 1. The zero-order chi connectivity index (χ0) is 24.1. The lowest BCUT2D eigenvalue weighted by molar-refractivity contribution is -0.153. The molecule has 0 bridgehead atoms. The van der Waals surface area contributed by atoms with Crippen LogP contribution < -0.4 is 5.32 Å². The molecule has 0 spiro atoms. The summed E-state index contributed by atoms with van der Waals surface area (Å²) in [6, 6.07) is 20.6. The molecule has 1 fully saturated rings. The predicted molar refractivity (Wildman–Crippen MR) is 131 cm³/mol. The fourth-order valence-corrected chi connectivity index (χ4v) is 5.25. The van der Waals surface area contributed by atoms with Crippen molar-refractivity contribution in [1.29, 1.82) is 0 Å². The number of ketones is 2. The van der Waals surface area contributed by atoms with Gasteiger partial charge in [-0.2, -0.15) is 0 Å². The van der Waals surface area contributed by atoms with E-state index in [4.69, 9.17) is 11.6 Å². The Morgan fingerprint density at radius 1 is 0.941 bits per heavy atom. The van der Waals surface area contributed by atoms with Gasteiger partial charge in [-0.25, -0.2) is 0 Å². The van der Waals surface area contributed by atoms with Gasteiger partial charge in [-0.3, -0.25) is 19.2 Å². The Hall–Kier alpha value is -3.29. The first-order chi connectivity index (χ1) is 16.4. The van der Waals surface area contributed by atoms with Crippen LogP contribution >= 0.6 is 22.9 Å². The Morgan fingerprint density at radius 3 is 2.47 bits per heavy atom. The van der Waals surface area contributed by atoms with Crippen molar-refractivity contribution in [3.63, 3.8) is 0 Å². The van der Waals surface area contributed by atoms with Crippen LogP contribution in [-0.4, -0.2) is 34.8 Å². The van der Waals surface area contributed by atoms with E-state index < -0.39 is 23.4 Å². The third kappa shape index (κ3) is 5.61. The monoisotopic (exact) mass is 494 g/mol. The topological polar surface area (TPSA) is 83.5 Å². The second kappa shape index (κ2) is 10.8. The van der Waals surface area contributed by atoms with E-state index in [1.54, 1.807) is 18.2 Å². The van der Waals surface area contributed by atoms with E-state index >= 15 is 0 Å². The van der Waals surface area contributed by atoms with Gasteiger partial charge in [0, 0.05) is 27.7 Å². The van der Waals surface area contributed by atoms with E-state index in [-0.39, 0.29) is 12.6 Å². The summed E-state index contributed by atoms with van der Waals surface area (Å²) in [6.45, 7) is 0.455. The number of carbonyl (C=O) groups excluding carboxylic acids is 4. The van der Waals surface area contributed by atoms with E-state index in [1.807, 2.05) is 48.5 Å². The summed E-state index contributed by atoms with van der Waals surface area (Å²) in [7, 11) is 0. The minimum absolute atomic E-state index is 0.111. The molecule has 6 nitrogen and oxygen atoms in total. The fraction of sp³-hybridized carbons (Fsp3) is 0.231. The third-order valence-electron chi connectivity index (χ3n) is 5.72. The molecule has 3 aromatic rings. The molecule has 0 saturated carbocycles. The van der Waals surface area contributed by atoms with Crippen molar-refractivity contribution >= 4 is 46.3 Å². The molecule has 2 aromatic carbocycles. The van der Waals surface area contributed by atoms with E-state index in [0.717, 1.165) is 21.7 Å². The number of carbonyl (C=O) groups is 4. The van der Waals surface area contributed by atoms with Crippen LogP contribution in [0, 0.1) is 0 Å². The Kier molecular flexibility index (Phi) is 7.55. The lowest BCUT2D eigenvalue weighted by Crippen LogP contribution is -2.44. The van der Waals surface area contributed by atoms with Crippen molar-refractivity contribution < 1.29 is 19.2 Å². The zero-order valence-corrected chi connectivity index (χ0v) is 19.9. The number of hydrogen-bond donors (Lipinski definition) is 1. The molecular formula is C26H23ClN2O4S. The molecule has 1 aromatic heterocycles. The fourth-order valence-electron chi connectivity index (χ4n) is 4.06. The van der Waals surface area contributed by atoms with Gasteiger partial charge in [0.05, 0.1) is 12.6 Å². The number of nitrogens with zero attached hydrogens (tertiary/aromatic N) is 1. The maximum absolute atomic E-state index is 12.8. The number of benzene rings is 2. The van der Waals surface area contributed by atoms with Crippen molar-refractivity contribution in [2.45, 2.75) is 31.8 Å². The van der Waals surface area contributed by atoms with Gasteiger partial charge in [0.2, 0.25) is 0 Å². The van der Waals surface area contributed by atoms with Crippen molar-refractivity contribution in [2.75, 3.05) is 6.54 Å². The maximum Gasteiger partial charge on any atom is 0.299 e. The molecule has 2 heterocycles. The van der Waals surface area contributed by atoms with Gasteiger partial charge in [0.15, 0.2) is 0 Å². The molecule has 1 N–H and O–H groups in total. The molecule has 1 aliphatic heterocycles. The average molecular weight is 495 g/mol. The quantitative estimate of drug-likeness (QED) is 0.377. The number of hydrogen-bond acceptors (Lipinski definition) is 5. The molecule has 0 aliphatic carbocycles. The average Bonchev–Trinajstić information content (AvgIpc) is 3.51.